The summed E-state index contributed by atoms with van der Waals surface area (Å²) in [6.45, 7) is 3.28. The molecule has 1 aliphatic rings. The first-order valence-corrected chi connectivity index (χ1v) is 7.76. The van der Waals surface area contributed by atoms with E-state index in [0.717, 1.165) is 60.0 Å². The predicted molar refractivity (Wildman–Crippen MR) is 92.4 cm³/mol. The van der Waals surface area contributed by atoms with E-state index in [0.29, 0.717) is 0 Å². The molecule has 1 aliphatic heterocycles. The Morgan fingerprint density at radius 2 is 1.87 bits per heavy atom. The summed E-state index contributed by atoms with van der Waals surface area (Å²) in [5.41, 5.74) is 9.62. The zero-order chi connectivity index (χ0) is 15.6. The van der Waals surface area contributed by atoms with Crippen LogP contribution in [0.5, 0.6) is 0 Å². The first kappa shape index (κ1) is 14.0. The van der Waals surface area contributed by atoms with Crippen LogP contribution < -0.4 is 10.6 Å². The number of ether oxygens (including phenoxy) is 1. The van der Waals surface area contributed by atoms with E-state index in [1.807, 2.05) is 48.7 Å². The van der Waals surface area contributed by atoms with Gasteiger partial charge in [-0.15, -0.1) is 0 Å². The molecule has 0 spiro atoms. The fraction of sp³-hybridized carbons (Fsp3) is 0.222. The van der Waals surface area contributed by atoms with Gasteiger partial charge in [0.2, 0.25) is 0 Å². The number of fused-ring (bicyclic) bond motifs is 1. The number of aromatic nitrogens is 2. The van der Waals surface area contributed by atoms with Crippen LogP contribution in [0.4, 0.5) is 11.5 Å². The van der Waals surface area contributed by atoms with Crippen LogP contribution >= 0.6 is 0 Å². The van der Waals surface area contributed by atoms with Crippen LogP contribution in [0.3, 0.4) is 0 Å². The zero-order valence-corrected chi connectivity index (χ0v) is 12.8. The molecule has 2 aromatic heterocycles. The van der Waals surface area contributed by atoms with Gasteiger partial charge in [0.25, 0.3) is 0 Å². The van der Waals surface area contributed by atoms with E-state index in [2.05, 4.69) is 9.88 Å². The Morgan fingerprint density at radius 1 is 1.04 bits per heavy atom. The van der Waals surface area contributed by atoms with Gasteiger partial charge < -0.3 is 15.4 Å². The molecule has 0 amide bonds. The minimum atomic E-state index is 0.739. The van der Waals surface area contributed by atoms with Gasteiger partial charge in [0, 0.05) is 35.9 Å². The minimum absolute atomic E-state index is 0.739. The Morgan fingerprint density at radius 3 is 2.65 bits per heavy atom. The van der Waals surface area contributed by atoms with Gasteiger partial charge in [-0.05, 0) is 24.3 Å². The van der Waals surface area contributed by atoms with E-state index in [-0.39, 0.29) is 0 Å². The second-order valence-corrected chi connectivity index (χ2v) is 5.62. The van der Waals surface area contributed by atoms with Gasteiger partial charge in [-0.25, -0.2) is 9.97 Å². The molecule has 1 fully saturated rings. The Kier molecular flexibility index (Phi) is 3.55. The molecule has 0 saturated carbocycles. The molecule has 23 heavy (non-hydrogen) atoms. The Balaban J connectivity index is 1.67. The van der Waals surface area contributed by atoms with Crippen molar-refractivity contribution >= 4 is 22.4 Å². The molecule has 4 rings (SSSR count). The number of anilines is 2. The van der Waals surface area contributed by atoms with Crippen LogP contribution in [0.1, 0.15) is 0 Å². The summed E-state index contributed by atoms with van der Waals surface area (Å²) in [5, 5.41) is 0.981. The highest BCUT2D eigenvalue weighted by atomic mass is 16.5. The maximum atomic E-state index is 6.16. The number of benzene rings is 1. The lowest BCUT2D eigenvalue weighted by molar-refractivity contribution is 0.122. The third-order valence-electron chi connectivity index (χ3n) is 4.13. The number of morpholine rings is 1. The van der Waals surface area contributed by atoms with Crippen LogP contribution in [0, 0.1) is 0 Å². The molecular weight excluding hydrogens is 288 g/mol. The maximum absolute atomic E-state index is 6.16. The average molecular weight is 306 g/mol. The minimum Gasteiger partial charge on any atom is -0.398 e. The predicted octanol–water partition coefficient (Wildman–Crippen LogP) is 2.72. The number of nitrogens with zero attached hydrogens (tertiary/aromatic N) is 3. The van der Waals surface area contributed by atoms with E-state index < -0.39 is 0 Å². The van der Waals surface area contributed by atoms with Gasteiger partial charge in [0.15, 0.2) is 0 Å². The molecule has 0 aliphatic carbocycles. The summed E-state index contributed by atoms with van der Waals surface area (Å²) < 4.78 is 5.37. The molecule has 0 unspecified atom stereocenters. The van der Waals surface area contributed by atoms with E-state index in [1.165, 1.54) is 0 Å². The second-order valence-electron chi connectivity index (χ2n) is 5.62. The third kappa shape index (κ3) is 2.71. The van der Waals surface area contributed by atoms with Gasteiger partial charge in [-0.1, -0.05) is 18.2 Å². The molecule has 5 nitrogen and oxygen atoms in total. The fourth-order valence-electron chi connectivity index (χ4n) is 2.87. The highest BCUT2D eigenvalue weighted by Crippen LogP contribution is 2.26. The van der Waals surface area contributed by atoms with E-state index in [9.17, 15) is 0 Å². The Hall–Kier alpha value is -2.66. The lowest BCUT2D eigenvalue weighted by Gasteiger charge is -2.27. The van der Waals surface area contributed by atoms with Crippen molar-refractivity contribution in [2.75, 3.05) is 36.9 Å². The van der Waals surface area contributed by atoms with Gasteiger partial charge in [0.1, 0.15) is 5.82 Å². The SMILES string of the molecule is Nc1cc(-c2ccc(N3CCOCC3)nc2)nc2ccccc12. The van der Waals surface area contributed by atoms with Crippen molar-refractivity contribution in [1.29, 1.82) is 0 Å². The summed E-state index contributed by atoms with van der Waals surface area (Å²) >= 11 is 0. The number of nitrogens with two attached hydrogens (primary N) is 1. The van der Waals surface area contributed by atoms with Crippen LogP contribution in [0.25, 0.3) is 22.2 Å². The van der Waals surface area contributed by atoms with Crippen molar-refractivity contribution in [2.45, 2.75) is 0 Å². The van der Waals surface area contributed by atoms with Gasteiger partial charge in [0.05, 0.1) is 24.4 Å². The fourth-order valence-corrected chi connectivity index (χ4v) is 2.87. The lowest BCUT2D eigenvalue weighted by atomic mass is 10.1. The lowest BCUT2D eigenvalue weighted by Crippen LogP contribution is -2.36. The largest absolute Gasteiger partial charge is 0.398 e. The average Bonchev–Trinajstić information content (AvgIpc) is 2.63. The standard InChI is InChI=1S/C18H18N4O/c19-15-11-17(21-16-4-2-1-3-14(15)16)13-5-6-18(20-12-13)22-7-9-23-10-8-22/h1-6,11-12H,7-10H2,(H2,19,21). The molecule has 2 N–H and O–H groups in total. The topological polar surface area (TPSA) is 64.3 Å². The molecule has 0 bridgehead atoms. The van der Waals surface area contributed by atoms with Crippen LogP contribution in [-0.4, -0.2) is 36.3 Å². The van der Waals surface area contributed by atoms with Crippen molar-refractivity contribution in [3.63, 3.8) is 0 Å². The monoisotopic (exact) mass is 306 g/mol. The third-order valence-corrected chi connectivity index (χ3v) is 4.13. The summed E-state index contributed by atoms with van der Waals surface area (Å²) in [4.78, 5) is 11.5. The number of pyridine rings is 2. The molecule has 5 heteroatoms. The van der Waals surface area contributed by atoms with Gasteiger partial charge in [-0.3, -0.25) is 0 Å². The number of nitrogen functional groups attached to an aromatic ring is 1. The highest BCUT2D eigenvalue weighted by Gasteiger charge is 2.12. The van der Waals surface area contributed by atoms with Crippen LogP contribution in [-0.2, 0) is 4.74 Å². The summed E-state index contributed by atoms with van der Waals surface area (Å²) in [6.07, 6.45) is 1.86. The Bertz CT molecular complexity index is 826. The second kappa shape index (κ2) is 5.85. The molecule has 1 saturated heterocycles. The molecule has 0 atom stereocenters. The van der Waals surface area contributed by atoms with Gasteiger partial charge >= 0.3 is 0 Å². The van der Waals surface area contributed by atoms with Crippen molar-refractivity contribution in [3.8, 4) is 11.3 Å². The van der Waals surface area contributed by atoms with Crippen LogP contribution in [0.2, 0.25) is 0 Å². The molecule has 0 radical (unpaired) electrons. The van der Waals surface area contributed by atoms with Crippen molar-refractivity contribution in [1.82, 2.24) is 9.97 Å². The number of para-hydroxylation sites is 1. The highest BCUT2D eigenvalue weighted by molar-refractivity contribution is 5.92. The normalized spacial score (nSPS) is 15.0. The number of hydrogen-bond donors (Lipinski definition) is 1. The van der Waals surface area contributed by atoms with Crippen molar-refractivity contribution in [3.05, 3.63) is 48.7 Å². The summed E-state index contributed by atoms with van der Waals surface area (Å²) in [7, 11) is 0. The van der Waals surface area contributed by atoms with E-state index in [4.69, 9.17) is 15.5 Å². The first-order chi connectivity index (χ1) is 11.3. The van der Waals surface area contributed by atoms with Crippen molar-refractivity contribution in [2.24, 2.45) is 0 Å². The van der Waals surface area contributed by atoms with Gasteiger partial charge in [-0.2, -0.15) is 0 Å². The smallest absolute Gasteiger partial charge is 0.128 e. The van der Waals surface area contributed by atoms with Crippen LogP contribution in [0.15, 0.2) is 48.7 Å². The molecule has 3 heterocycles. The van der Waals surface area contributed by atoms with E-state index in [1.54, 1.807) is 0 Å². The van der Waals surface area contributed by atoms with E-state index >= 15 is 0 Å². The number of hydrogen-bond acceptors (Lipinski definition) is 5. The Labute approximate surface area is 134 Å². The maximum Gasteiger partial charge on any atom is 0.128 e. The summed E-state index contributed by atoms with van der Waals surface area (Å²) in [6, 6.07) is 13.9. The number of rotatable bonds is 2. The molecule has 116 valence electrons. The first-order valence-electron chi connectivity index (χ1n) is 7.76. The molecule has 3 aromatic rings. The molecular formula is C18H18N4O. The quantitative estimate of drug-likeness (QED) is 0.788. The zero-order valence-electron chi connectivity index (χ0n) is 12.8. The molecule has 1 aromatic carbocycles. The summed E-state index contributed by atoms with van der Waals surface area (Å²) in [5.74, 6) is 0.978. The van der Waals surface area contributed by atoms with Crippen molar-refractivity contribution < 1.29 is 4.74 Å².